The molecular weight excluding hydrogens is 300 g/mol. The Morgan fingerprint density at radius 1 is 1.53 bits per heavy atom. The number of halogens is 1. The third kappa shape index (κ3) is 3.77. The Kier molecular flexibility index (Phi) is 3.69. The molecule has 7 heteroatoms. The minimum atomic E-state index is -3.33. The zero-order chi connectivity index (χ0) is 11.6. The number of hydrogen-bond acceptors (Lipinski definition) is 3. The minimum Gasteiger partial charge on any atom is -0.389 e. The summed E-state index contributed by atoms with van der Waals surface area (Å²) < 4.78 is 25.2. The van der Waals surface area contributed by atoms with Crippen molar-refractivity contribution in [3.8, 4) is 0 Å². The molecule has 0 saturated carbocycles. The molecule has 1 aromatic rings. The number of hydrogen-bond donors (Lipinski definition) is 2. The first-order valence-electron chi connectivity index (χ1n) is 3.87. The van der Waals surface area contributed by atoms with Gasteiger partial charge in [-0.25, -0.2) is 8.42 Å². The number of nitrogens with two attached hydrogens (primary N) is 1. The van der Waals surface area contributed by atoms with Gasteiger partial charge in [0.2, 0.25) is 10.0 Å². The molecule has 0 bridgehead atoms. The van der Waals surface area contributed by atoms with E-state index in [0.717, 1.165) is 10.7 Å². The van der Waals surface area contributed by atoms with Crippen LogP contribution in [0, 0.1) is 0 Å². The van der Waals surface area contributed by atoms with Crippen molar-refractivity contribution >= 4 is 48.8 Å². The SMILES string of the molecule is CS(=O)(=O)Nc1ccc(Br)cc1C(N)=S. The van der Waals surface area contributed by atoms with E-state index in [1.807, 2.05) is 0 Å². The second kappa shape index (κ2) is 4.46. The number of rotatable bonds is 3. The average Bonchev–Trinajstić information content (AvgIpc) is 2.05. The Morgan fingerprint density at radius 3 is 2.60 bits per heavy atom. The molecule has 0 fully saturated rings. The largest absolute Gasteiger partial charge is 0.389 e. The summed E-state index contributed by atoms with van der Waals surface area (Å²) in [7, 11) is -3.33. The standard InChI is InChI=1S/C8H9BrN2O2S2/c1-15(12,13)11-7-3-2-5(9)4-6(7)8(10)14/h2-4,11H,1H3,(H2,10,14). The van der Waals surface area contributed by atoms with E-state index in [1.165, 1.54) is 0 Å². The van der Waals surface area contributed by atoms with E-state index in [0.29, 0.717) is 11.3 Å². The normalized spacial score (nSPS) is 11.1. The molecule has 82 valence electrons. The van der Waals surface area contributed by atoms with Gasteiger partial charge in [-0.2, -0.15) is 0 Å². The van der Waals surface area contributed by atoms with Crippen molar-refractivity contribution < 1.29 is 8.42 Å². The van der Waals surface area contributed by atoms with Gasteiger partial charge in [-0.1, -0.05) is 28.1 Å². The molecule has 0 aromatic heterocycles. The monoisotopic (exact) mass is 308 g/mol. The van der Waals surface area contributed by atoms with Crippen LogP contribution < -0.4 is 10.5 Å². The molecule has 1 rings (SSSR count). The fraction of sp³-hybridized carbons (Fsp3) is 0.125. The first kappa shape index (κ1) is 12.4. The minimum absolute atomic E-state index is 0.141. The lowest BCUT2D eigenvalue weighted by Crippen LogP contribution is -2.16. The van der Waals surface area contributed by atoms with E-state index in [4.69, 9.17) is 18.0 Å². The summed E-state index contributed by atoms with van der Waals surface area (Å²) in [5.41, 5.74) is 6.35. The molecule has 0 unspecified atom stereocenters. The van der Waals surface area contributed by atoms with Crippen molar-refractivity contribution in [2.24, 2.45) is 5.73 Å². The van der Waals surface area contributed by atoms with Crippen LogP contribution in [-0.2, 0) is 10.0 Å². The number of sulfonamides is 1. The molecule has 0 atom stereocenters. The van der Waals surface area contributed by atoms with Crippen LogP contribution in [0.1, 0.15) is 5.56 Å². The first-order chi connectivity index (χ1) is 6.79. The second-order valence-electron chi connectivity index (χ2n) is 2.93. The summed E-state index contributed by atoms with van der Waals surface area (Å²) in [5, 5.41) is 0. The van der Waals surface area contributed by atoms with E-state index in [1.54, 1.807) is 18.2 Å². The van der Waals surface area contributed by atoms with Gasteiger partial charge in [-0.15, -0.1) is 0 Å². The van der Waals surface area contributed by atoms with Crippen LogP contribution in [0.2, 0.25) is 0 Å². The lowest BCUT2D eigenvalue weighted by Gasteiger charge is -2.09. The van der Waals surface area contributed by atoms with E-state index >= 15 is 0 Å². The van der Waals surface area contributed by atoms with Gasteiger partial charge in [0, 0.05) is 10.0 Å². The number of thiocarbonyl (C=S) groups is 1. The Hall–Kier alpha value is -0.660. The van der Waals surface area contributed by atoms with E-state index in [-0.39, 0.29) is 4.99 Å². The number of nitrogens with one attached hydrogen (secondary N) is 1. The highest BCUT2D eigenvalue weighted by Crippen LogP contribution is 2.21. The molecule has 0 aliphatic carbocycles. The Balaban J connectivity index is 3.24. The molecule has 15 heavy (non-hydrogen) atoms. The molecule has 0 aliphatic heterocycles. The van der Waals surface area contributed by atoms with Gasteiger partial charge in [-0.05, 0) is 18.2 Å². The molecule has 4 nitrogen and oxygen atoms in total. The van der Waals surface area contributed by atoms with Gasteiger partial charge in [0.25, 0.3) is 0 Å². The summed E-state index contributed by atoms with van der Waals surface area (Å²) in [6.07, 6.45) is 1.07. The lowest BCUT2D eigenvalue weighted by molar-refractivity contribution is 0.607. The summed E-state index contributed by atoms with van der Waals surface area (Å²) in [5.74, 6) is 0. The summed E-state index contributed by atoms with van der Waals surface area (Å²) >= 11 is 8.07. The van der Waals surface area contributed by atoms with Gasteiger partial charge >= 0.3 is 0 Å². The predicted octanol–water partition coefficient (Wildman–Crippen LogP) is 1.45. The van der Waals surface area contributed by atoms with Crippen LogP contribution in [0.3, 0.4) is 0 Å². The molecule has 0 radical (unpaired) electrons. The third-order valence-corrected chi connectivity index (χ3v) is 2.85. The first-order valence-corrected chi connectivity index (χ1v) is 6.96. The summed E-state index contributed by atoms with van der Waals surface area (Å²) in [6, 6.07) is 4.96. The summed E-state index contributed by atoms with van der Waals surface area (Å²) in [6.45, 7) is 0. The maximum Gasteiger partial charge on any atom is 0.229 e. The van der Waals surface area contributed by atoms with E-state index in [2.05, 4.69) is 20.7 Å². The smallest absolute Gasteiger partial charge is 0.229 e. The maximum atomic E-state index is 11.1. The highest BCUT2D eigenvalue weighted by atomic mass is 79.9. The van der Waals surface area contributed by atoms with Crippen molar-refractivity contribution in [1.82, 2.24) is 0 Å². The highest BCUT2D eigenvalue weighted by Gasteiger charge is 2.09. The van der Waals surface area contributed by atoms with Crippen molar-refractivity contribution in [3.05, 3.63) is 28.2 Å². The Morgan fingerprint density at radius 2 is 2.13 bits per heavy atom. The lowest BCUT2D eigenvalue weighted by atomic mass is 10.2. The van der Waals surface area contributed by atoms with Gasteiger partial charge < -0.3 is 5.73 Å². The van der Waals surface area contributed by atoms with Crippen LogP contribution in [0.5, 0.6) is 0 Å². The Labute approximate surface area is 102 Å². The van der Waals surface area contributed by atoms with Gasteiger partial charge in [0.1, 0.15) is 4.99 Å². The van der Waals surface area contributed by atoms with Crippen LogP contribution in [0.25, 0.3) is 0 Å². The topological polar surface area (TPSA) is 72.2 Å². The van der Waals surface area contributed by atoms with E-state index in [9.17, 15) is 8.42 Å². The molecule has 3 N–H and O–H groups in total. The highest BCUT2D eigenvalue weighted by molar-refractivity contribution is 9.10. The van der Waals surface area contributed by atoms with Crippen LogP contribution >= 0.6 is 28.1 Å². The van der Waals surface area contributed by atoms with Gasteiger partial charge in [-0.3, -0.25) is 4.72 Å². The molecule has 0 saturated heterocycles. The number of benzene rings is 1. The molecule has 0 heterocycles. The van der Waals surface area contributed by atoms with Crippen LogP contribution in [-0.4, -0.2) is 19.7 Å². The van der Waals surface area contributed by atoms with Crippen LogP contribution in [0.15, 0.2) is 22.7 Å². The summed E-state index contributed by atoms with van der Waals surface area (Å²) in [4.78, 5) is 0.141. The maximum absolute atomic E-state index is 11.1. The molecule has 0 aliphatic rings. The van der Waals surface area contributed by atoms with Crippen molar-refractivity contribution in [3.63, 3.8) is 0 Å². The van der Waals surface area contributed by atoms with Crippen molar-refractivity contribution in [2.75, 3.05) is 11.0 Å². The number of anilines is 1. The predicted molar refractivity (Wildman–Crippen MR) is 68.5 cm³/mol. The average molecular weight is 309 g/mol. The quantitative estimate of drug-likeness (QED) is 0.829. The second-order valence-corrected chi connectivity index (χ2v) is 6.03. The van der Waals surface area contributed by atoms with Crippen LogP contribution in [0.4, 0.5) is 5.69 Å². The zero-order valence-corrected chi connectivity index (χ0v) is 11.0. The van der Waals surface area contributed by atoms with Gasteiger partial charge in [0.05, 0.1) is 11.9 Å². The molecule has 1 aromatic carbocycles. The van der Waals surface area contributed by atoms with Gasteiger partial charge in [0.15, 0.2) is 0 Å². The van der Waals surface area contributed by atoms with E-state index < -0.39 is 10.0 Å². The molecule has 0 amide bonds. The molecule has 0 spiro atoms. The van der Waals surface area contributed by atoms with Crippen molar-refractivity contribution in [1.29, 1.82) is 0 Å². The Bertz CT molecular complexity index is 499. The molecular formula is C8H9BrN2O2S2. The zero-order valence-electron chi connectivity index (χ0n) is 7.82. The fourth-order valence-corrected chi connectivity index (χ4v) is 2.12. The van der Waals surface area contributed by atoms with Crippen molar-refractivity contribution in [2.45, 2.75) is 0 Å². The third-order valence-electron chi connectivity index (χ3n) is 1.54. The fourth-order valence-electron chi connectivity index (χ4n) is 1.01.